The Morgan fingerprint density at radius 3 is 2.77 bits per heavy atom. The van der Waals surface area contributed by atoms with Crippen LogP contribution in [0.4, 0.5) is 0 Å². The number of carbonyl (C=O) groups is 1. The smallest absolute Gasteiger partial charge is 0.222 e. The van der Waals surface area contributed by atoms with Crippen LogP contribution in [0.5, 0.6) is 0 Å². The second-order valence-electron chi connectivity index (χ2n) is 4.33. The van der Waals surface area contributed by atoms with Gasteiger partial charge in [0.15, 0.2) is 0 Å². The molecule has 1 amide bonds. The van der Waals surface area contributed by atoms with Gasteiger partial charge >= 0.3 is 0 Å². The lowest BCUT2D eigenvalue weighted by Gasteiger charge is -2.17. The average molecular weight is 184 g/mol. The third-order valence-electron chi connectivity index (χ3n) is 2.55. The van der Waals surface area contributed by atoms with E-state index in [0.717, 1.165) is 19.5 Å². The molecule has 1 aliphatic heterocycles. The molecule has 0 aromatic rings. The normalized spacial score (nSPS) is 22.8. The summed E-state index contributed by atoms with van der Waals surface area (Å²) >= 11 is 0. The highest BCUT2D eigenvalue weighted by Crippen LogP contribution is 2.16. The van der Waals surface area contributed by atoms with Gasteiger partial charge in [-0.15, -0.1) is 0 Å². The molecule has 0 aliphatic carbocycles. The third kappa shape index (κ3) is 2.99. The molecule has 1 saturated heterocycles. The monoisotopic (exact) mass is 184 g/mol. The summed E-state index contributed by atoms with van der Waals surface area (Å²) in [6.07, 6.45) is 1.76. The second-order valence-corrected chi connectivity index (χ2v) is 4.33. The topological polar surface area (TPSA) is 46.3 Å². The first-order valence-electron chi connectivity index (χ1n) is 5.11. The minimum Gasteiger partial charge on any atom is -0.342 e. The number of amides is 1. The minimum atomic E-state index is 0.297. The molecule has 1 atom stereocenters. The van der Waals surface area contributed by atoms with Gasteiger partial charge in [0.2, 0.25) is 5.91 Å². The zero-order valence-electron chi connectivity index (χ0n) is 8.62. The summed E-state index contributed by atoms with van der Waals surface area (Å²) in [4.78, 5) is 13.6. The Morgan fingerprint density at radius 1 is 1.62 bits per heavy atom. The van der Waals surface area contributed by atoms with Crippen LogP contribution in [-0.4, -0.2) is 30.4 Å². The molecule has 0 unspecified atom stereocenters. The maximum absolute atomic E-state index is 11.6. The van der Waals surface area contributed by atoms with E-state index in [2.05, 4.69) is 13.8 Å². The summed E-state index contributed by atoms with van der Waals surface area (Å²) in [6, 6.07) is 0. The van der Waals surface area contributed by atoms with Crippen molar-refractivity contribution in [1.29, 1.82) is 0 Å². The van der Waals surface area contributed by atoms with Crippen molar-refractivity contribution in [1.82, 2.24) is 4.90 Å². The van der Waals surface area contributed by atoms with E-state index in [4.69, 9.17) is 5.73 Å². The van der Waals surface area contributed by atoms with Gasteiger partial charge in [-0.25, -0.2) is 0 Å². The van der Waals surface area contributed by atoms with Crippen LogP contribution >= 0.6 is 0 Å². The Kier molecular flexibility index (Phi) is 3.72. The molecule has 76 valence electrons. The van der Waals surface area contributed by atoms with Crippen LogP contribution in [0.25, 0.3) is 0 Å². The molecule has 0 aromatic carbocycles. The zero-order chi connectivity index (χ0) is 9.84. The van der Waals surface area contributed by atoms with E-state index in [0.29, 0.717) is 30.7 Å². The van der Waals surface area contributed by atoms with Crippen molar-refractivity contribution in [2.24, 2.45) is 17.6 Å². The lowest BCUT2D eigenvalue weighted by molar-refractivity contribution is -0.131. The molecule has 0 radical (unpaired) electrons. The van der Waals surface area contributed by atoms with Crippen LogP contribution in [0.3, 0.4) is 0 Å². The molecule has 1 aliphatic rings. The van der Waals surface area contributed by atoms with Crippen molar-refractivity contribution >= 4 is 5.91 Å². The number of likely N-dealkylation sites (tertiary alicyclic amines) is 1. The van der Waals surface area contributed by atoms with E-state index < -0.39 is 0 Å². The molecule has 1 heterocycles. The Balaban J connectivity index is 2.33. The summed E-state index contributed by atoms with van der Waals surface area (Å²) in [5, 5.41) is 0. The zero-order valence-corrected chi connectivity index (χ0v) is 8.62. The van der Waals surface area contributed by atoms with Gasteiger partial charge in [0.1, 0.15) is 0 Å². The van der Waals surface area contributed by atoms with E-state index in [1.54, 1.807) is 0 Å². The van der Waals surface area contributed by atoms with Crippen LogP contribution in [0.2, 0.25) is 0 Å². The van der Waals surface area contributed by atoms with E-state index in [1.807, 2.05) is 4.90 Å². The standard InChI is InChI=1S/C10H20N2O/c1-8(2)5-10(13)12-4-3-9(6-11)7-12/h8-9H,3-7,11H2,1-2H3/t9-/m1/s1. The molecular formula is C10H20N2O. The first-order chi connectivity index (χ1) is 6.13. The fraction of sp³-hybridized carbons (Fsp3) is 0.900. The van der Waals surface area contributed by atoms with E-state index in [-0.39, 0.29) is 0 Å². The summed E-state index contributed by atoms with van der Waals surface area (Å²) < 4.78 is 0. The number of carbonyl (C=O) groups excluding carboxylic acids is 1. The van der Waals surface area contributed by atoms with Crippen molar-refractivity contribution in [3.63, 3.8) is 0 Å². The summed E-state index contributed by atoms with van der Waals surface area (Å²) in [5.41, 5.74) is 5.56. The maximum Gasteiger partial charge on any atom is 0.222 e. The predicted molar refractivity (Wildman–Crippen MR) is 53.2 cm³/mol. The van der Waals surface area contributed by atoms with Gasteiger partial charge in [-0.05, 0) is 24.8 Å². The van der Waals surface area contributed by atoms with Crippen LogP contribution in [0.15, 0.2) is 0 Å². The Labute approximate surface area is 80.3 Å². The molecule has 0 bridgehead atoms. The molecule has 1 rings (SSSR count). The molecule has 2 N–H and O–H groups in total. The second kappa shape index (κ2) is 4.61. The van der Waals surface area contributed by atoms with Crippen LogP contribution in [0, 0.1) is 11.8 Å². The van der Waals surface area contributed by atoms with Crippen molar-refractivity contribution in [3.8, 4) is 0 Å². The fourth-order valence-electron chi connectivity index (χ4n) is 1.73. The molecule has 1 fully saturated rings. The average Bonchev–Trinajstić information content (AvgIpc) is 2.50. The quantitative estimate of drug-likeness (QED) is 0.706. The van der Waals surface area contributed by atoms with Gasteiger partial charge in [0.05, 0.1) is 0 Å². The molecule has 0 saturated carbocycles. The fourth-order valence-corrected chi connectivity index (χ4v) is 1.73. The van der Waals surface area contributed by atoms with Gasteiger partial charge in [-0.3, -0.25) is 4.79 Å². The Bertz CT molecular complexity index is 180. The van der Waals surface area contributed by atoms with Gasteiger partial charge in [-0.2, -0.15) is 0 Å². The first kappa shape index (κ1) is 10.5. The summed E-state index contributed by atoms with van der Waals surface area (Å²) in [5.74, 6) is 1.30. The highest BCUT2D eigenvalue weighted by Gasteiger charge is 2.24. The minimum absolute atomic E-state index is 0.297. The maximum atomic E-state index is 11.6. The molecule has 3 heteroatoms. The number of nitrogens with two attached hydrogens (primary N) is 1. The Morgan fingerprint density at radius 2 is 2.31 bits per heavy atom. The van der Waals surface area contributed by atoms with Crippen LogP contribution in [-0.2, 0) is 4.79 Å². The Hall–Kier alpha value is -0.570. The molecule has 3 nitrogen and oxygen atoms in total. The SMILES string of the molecule is CC(C)CC(=O)N1CC[C@H](CN)C1. The molecule has 0 spiro atoms. The lowest BCUT2D eigenvalue weighted by atomic mass is 10.1. The number of nitrogens with zero attached hydrogens (tertiary/aromatic N) is 1. The molecule has 0 aromatic heterocycles. The first-order valence-corrected chi connectivity index (χ1v) is 5.11. The van der Waals surface area contributed by atoms with Crippen molar-refractivity contribution < 1.29 is 4.79 Å². The van der Waals surface area contributed by atoms with E-state index in [1.165, 1.54) is 0 Å². The summed E-state index contributed by atoms with van der Waals surface area (Å²) in [7, 11) is 0. The number of hydrogen-bond acceptors (Lipinski definition) is 2. The van der Waals surface area contributed by atoms with Crippen molar-refractivity contribution in [3.05, 3.63) is 0 Å². The summed E-state index contributed by atoms with van der Waals surface area (Å²) in [6.45, 7) is 6.66. The van der Waals surface area contributed by atoms with Gasteiger partial charge in [0.25, 0.3) is 0 Å². The predicted octanol–water partition coefficient (Wildman–Crippen LogP) is 0.840. The van der Waals surface area contributed by atoms with E-state index in [9.17, 15) is 4.79 Å². The highest BCUT2D eigenvalue weighted by molar-refractivity contribution is 5.76. The van der Waals surface area contributed by atoms with Gasteiger partial charge < -0.3 is 10.6 Å². The number of hydrogen-bond donors (Lipinski definition) is 1. The third-order valence-corrected chi connectivity index (χ3v) is 2.55. The van der Waals surface area contributed by atoms with E-state index >= 15 is 0 Å². The van der Waals surface area contributed by atoms with Crippen molar-refractivity contribution in [2.45, 2.75) is 26.7 Å². The van der Waals surface area contributed by atoms with Crippen molar-refractivity contribution in [2.75, 3.05) is 19.6 Å². The highest BCUT2D eigenvalue weighted by atomic mass is 16.2. The lowest BCUT2D eigenvalue weighted by Crippen LogP contribution is -2.30. The van der Waals surface area contributed by atoms with Gasteiger partial charge in [0, 0.05) is 19.5 Å². The van der Waals surface area contributed by atoms with Gasteiger partial charge in [-0.1, -0.05) is 13.8 Å². The van der Waals surface area contributed by atoms with Crippen LogP contribution in [0.1, 0.15) is 26.7 Å². The largest absolute Gasteiger partial charge is 0.342 e. The van der Waals surface area contributed by atoms with Crippen LogP contribution < -0.4 is 5.73 Å². The molecule has 13 heavy (non-hydrogen) atoms. The number of rotatable bonds is 3. The molecular weight excluding hydrogens is 164 g/mol.